The number of rotatable bonds is 4. The van der Waals surface area contributed by atoms with Crippen LogP contribution in [0.2, 0.25) is 0 Å². The largest absolute Gasteiger partial charge is 0.496 e. The maximum Gasteiger partial charge on any atom is 0.208 e. The highest BCUT2D eigenvalue weighted by molar-refractivity contribution is 7.15. The monoisotopic (exact) mass is 335 g/mol. The second-order valence-electron chi connectivity index (χ2n) is 5.84. The van der Waals surface area contributed by atoms with Crippen molar-refractivity contribution in [1.29, 1.82) is 0 Å². The number of β-amino-alcohol motifs (C(OH)–C–C–N with tert-alkyl or cyclic N) is 1. The first-order valence-corrected chi connectivity index (χ1v) is 8.37. The zero-order valence-electron chi connectivity index (χ0n) is 13.7. The van der Waals surface area contributed by atoms with Crippen molar-refractivity contribution in [3.05, 3.63) is 28.3 Å². The molecule has 2 heterocycles. The Kier molecular flexibility index (Phi) is 4.41. The molecule has 23 heavy (non-hydrogen) atoms. The lowest BCUT2D eigenvalue weighted by molar-refractivity contribution is 0.169. The number of nitrogens with zero attached hydrogens (tertiary/aromatic N) is 3. The Morgan fingerprint density at radius 3 is 2.52 bits per heavy atom. The third-order valence-electron chi connectivity index (χ3n) is 3.98. The SMILES string of the molecule is COc1ccc(OC)c2c1CN(c1nnc(C(C)C)s1)CC2O. The summed E-state index contributed by atoms with van der Waals surface area (Å²) in [6.07, 6.45) is -0.657. The number of hydrogen-bond donors (Lipinski definition) is 1. The van der Waals surface area contributed by atoms with E-state index in [1.807, 2.05) is 17.0 Å². The molecule has 6 nitrogen and oxygen atoms in total. The molecule has 0 aliphatic carbocycles. The molecule has 3 rings (SSSR count). The van der Waals surface area contributed by atoms with Gasteiger partial charge in [0.1, 0.15) is 22.6 Å². The van der Waals surface area contributed by atoms with E-state index < -0.39 is 6.10 Å². The van der Waals surface area contributed by atoms with Crippen LogP contribution in [0.4, 0.5) is 5.13 Å². The van der Waals surface area contributed by atoms with Gasteiger partial charge in [-0.05, 0) is 12.1 Å². The van der Waals surface area contributed by atoms with Gasteiger partial charge in [0, 0.05) is 23.6 Å². The van der Waals surface area contributed by atoms with Crippen molar-refractivity contribution in [2.45, 2.75) is 32.4 Å². The molecular formula is C16H21N3O3S. The lowest BCUT2D eigenvalue weighted by Gasteiger charge is -2.33. The molecule has 0 amide bonds. The lowest BCUT2D eigenvalue weighted by Crippen LogP contribution is -2.34. The highest BCUT2D eigenvalue weighted by Gasteiger charge is 2.31. The molecule has 1 aromatic carbocycles. The lowest BCUT2D eigenvalue weighted by atomic mass is 9.95. The molecule has 0 saturated heterocycles. The van der Waals surface area contributed by atoms with E-state index >= 15 is 0 Å². The first kappa shape index (κ1) is 16.0. The van der Waals surface area contributed by atoms with Crippen molar-refractivity contribution in [3.63, 3.8) is 0 Å². The standard InChI is InChI=1S/C16H21N3O3S/c1-9(2)15-17-18-16(23-15)19-7-10-12(21-3)5-6-13(22-4)14(10)11(20)8-19/h5-6,9,11,20H,7-8H2,1-4H3. The summed E-state index contributed by atoms with van der Waals surface area (Å²) in [5.74, 6) is 1.78. The van der Waals surface area contributed by atoms with Gasteiger partial charge >= 0.3 is 0 Å². The van der Waals surface area contributed by atoms with Crippen LogP contribution in [-0.2, 0) is 6.54 Å². The van der Waals surface area contributed by atoms with E-state index in [4.69, 9.17) is 9.47 Å². The maximum absolute atomic E-state index is 10.6. The van der Waals surface area contributed by atoms with E-state index in [0.29, 0.717) is 24.8 Å². The van der Waals surface area contributed by atoms with Gasteiger partial charge in [0.2, 0.25) is 5.13 Å². The predicted molar refractivity (Wildman–Crippen MR) is 89.6 cm³/mol. The Morgan fingerprint density at radius 1 is 1.22 bits per heavy atom. The molecule has 0 fully saturated rings. The Balaban J connectivity index is 1.98. The van der Waals surface area contributed by atoms with Gasteiger partial charge in [0.25, 0.3) is 0 Å². The highest BCUT2D eigenvalue weighted by Crippen LogP contribution is 2.41. The van der Waals surface area contributed by atoms with Crippen molar-refractivity contribution >= 4 is 16.5 Å². The van der Waals surface area contributed by atoms with Crippen LogP contribution < -0.4 is 14.4 Å². The van der Waals surface area contributed by atoms with Gasteiger partial charge in [0.05, 0.1) is 20.8 Å². The van der Waals surface area contributed by atoms with Crippen molar-refractivity contribution < 1.29 is 14.6 Å². The molecular weight excluding hydrogens is 314 g/mol. The number of ether oxygens (including phenoxy) is 2. The van der Waals surface area contributed by atoms with Crippen LogP contribution in [0.5, 0.6) is 11.5 Å². The van der Waals surface area contributed by atoms with Crippen LogP contribution in [-0.4, -0.2) is 36.1 Å². The van der Waals surface area contributed by atoms with E-state index in [1.54, 1.807) is 25.6 Å². The van der Waals surface area contributed by atoms with Gasteiger partial charge in [-0.25, -0.2) is 0 Å². The second kappa shape index (κ2) is 6.33. The van der Waals surface area contributed by atoms with E-state index in [-0.39, 0.29) is 0 Å². The fraction of sp³-hybridized carbons (Fsp3) is 0.500. The summed E-state index contributed by atoms with van der Waals surface area (Å²) in [5.41, 5.74) is 1.74. The zero-order chi connectivity index (χ0) is 16.6. The van der Waals surface area contributed by atoms with Crippen molar-refractivity contribution in [1.82, 2.24) is 10.2 Å². The summed E-state index contributed by atoms with van der Waals surface area (Å²) in [7, 11) is 3.25. The Hall–Kier alpha value is -1.86. The van der Waals surface area contributed by atoms with E-state index in [1.165, 1.54) is 0 Å². The van der Waals surface area contributed by atoms with Crippen molar-refractivity contribution in [3.8, 4) is 11.5 Å². The smallest absolute Gasteiger partial charge is 0.208 e. The molecule has 0 bridgehead atoms. The number of aliphatic hydroxyl groups is 1. The Bertz CT molecular complexity index is 702. The quantitative estimate of drug-likeness (QED) is 0.927. The molecule has 2 aromatic rings. The third-order valence-corrected chi connectivity index (χ3v) is 5.27. The van der Waals surface area contributed by atoms with E-state index in [2.05, 4.69) is 24.0 Å². The summed E-state index contributed by atoms with van der Waals surface area (Å²) in [6, 6.07) is 3.70. The van der Waals surface area contributed by atoms with Crippen LogP contribution in [0.15, 0.2) is 12.1 Å². The molecule has 1 unspecified atom stereocenters. The molecule has 1 atom stereocenters. The molecule has 1 aliphatic heterocycles. The average molecular weight is 335 g/mol. The molecule has 1 aliphatic rings. The van der Waals surface area contributed by atoms with Gasteiger partial charge in [-0.2, -0.15) is 0 Å². The zero-order valence-corrected chi connectivity index (χ0v) is 14.6. The van der Waals surface area contributed by atoms with Crippen LogP contribution in [0.3, 0.4) is 0 Å². The first-order chi connectivity index (χ1) is 11.0. The van der Waals surface area contributed by atoms with Crippen molar-refractivity contribution in [2.24, 2.45) is 0 Å². The van der Waals surface area contributed by atoms with Crippen LogP contribution in [0.25, 0.3) is 0 Å². The summed E-state index contributed by atoms with van der Waals surface area (Å²) in [5, 5.41) is 21.0. The predicted octanol–water partition coefficient (Wildman–Crippen LogP) is 2.73. The van der Waals surface area contributed by atoms with Crippen LogP contribution in [0, 0.1) is 0 Å². The number of aromatic nitrogens is 2. The minimum atomic E-state index is -0.657. The third kappa shape index (κ3) is 2.86. The number of aliphatic hydroxyl groups excluding tert-OH is 1. The topological polar surface area (TPSA) is 67.7 Å². The maximum atomic E-state index is 10.6. The number of benzene rings is 1. The minimum Gasteiger partial charge on any atom is -0.496 e. The molecule has 1 aromatic heterocycles. The highest BCUT2D eigenvalue weighted by atomic mass is 32.1. The minimum absolute atomic E-state index is 0.345. The van der Waals surface area contributed by atoms with E-state index in [9.17, 15) is 5.11 Å². The molecule has 0 radical (unpaired) electrons. The second-order valence-corrected chi connectivity index (χ2v) is 6.82. The fourth-order valence-electron chi connectivity index (χ4n) is 2.81. The van der Waals surface area contributed by atoms with Gasteiger partial charge in [0.15, 0.2) is 0 Å². The number of anilines is 1. The fourth-order valence-corrected chi connectivity index (χ4v) is 3.66. The number of fused-ring (bicyclic) bond motifs is 1. The molecule has 0 spiro atoms. The first-order valence-electron chi connectivity index (χ1n) is 7.55. The summed E-state index contributed by atoms with van der Waals surface area (Å²) in [6.45, 7) is 5.26. The molecule has 7 heteroatoms. The summed E-state index contributed by atoms with van der Waals surface area (Å²) >= 11 is 1.57. The Morgan fingerprint density at radius 2 is 1.91 bits per heavy atom. The van der Waals surface area contributed by atoms with Gasteiger partial charge in [-0.1, -0.05) is 25.2 Å². The van der Waals surface area contributed by atoms with Gasteiger partial charge in [-0.15, -0.1) is 10.2 Å². The average Bonchev–Trinajstić information content (AvgIpc) is 3.04. The molecule has 124 valence electrons. The molecule has 0 saturated carbocycles. The Labute approximate surface area is 139 Å². The number of hydrogen-bond acceptors (Lipinski definition) is 7. The van der Waals surface area contributed by atoms with Gasteiger partial charge in [-0.3, -0.25) is 0 Å². The van der Waals surface area contributed by atoms with E-state index in [0.717, 1.165) is 27.0 Å². The number of methoxy groups -OCH3 is 2. The van der Waals surface area contributed by atoms with Gasteiger partial charge < -0.3 is 19.5 Å². The van der Waals surface area contributed by atoms with Crippen LogP contribution in [0.1, 0.15) is 42.0 Å². The van der Waals surface area contributed by atoms with Crippen LogP contribution >= 0.6 is 11.3 Å². The molecule has 1 N–H and O–H groups in total. The van der Waals surface area contributed by atoms with Crippen molar-refractivity contribution in [2.75, 3.05) is 25.7 Å². The summed E-state index contributed by atoms with van der Waals surface area (Å²) < 4.78 is 10.9. The summed E-state index contributed by atoms with van der Waals surface area (Å²) in [4.78, 5) is 2.04. The normalized spacial score (nSPS) is 17.3.